The lowest BCUT2D eigenvalue weighted by atomic mass is 10.2. The summed E-state index contributed by atoms with van der Waals surface area (Å²) in [5.41, 5.74) is 3.63. The molecule has 1 N–H and O–H groups in total. The maximum absolute atomic E-state index is 12.8. The fraction of sp³-hybridized carbons (Fsp3) is 0.227. The van der Waals surface area contributed by atoms with Crippen LogP contribution in [0.25, 0.3) is 21.1 Å². The number of thiophene rings is 1. The lowest BCUT2D eigenvalue weighted by Gasteiger charge is -2.34. The van der Waals surface area contributed by atoms with Gasteiger partial charge in [-0.15, -0.1) is 22.7 Å². The van der Waals surface area contributed by atoms with E-state index < -0.39 is 0 Å². The standard InChI is InChI=1S/C22H21N5OS2/c28-22(19-13-18(24-25-19)20-7-4-12-29-20)27-10-8-26(9-11-27)14-17-15-30-21(23-17)16-5-2-1-3-6-16/h1-7,12-13,15H,8-11,14H2,(H,24,25). The van der Waals surface area contributed by atoms with Gasteiger partial charge in [0, 0.05) is 43.7 Å². The predicted molar refractivity (Wildman–Crippen MR) is 121 cm³/mol. The molecule has 0 saturated carbocycles. The van der Waals surface area contributed by atoms with Crippen LogP contribution in [0.15, 0.2) is 59.3 Å². The highest BCUT2D eigenvalue weighted by atomic mass is 32.1. The number of carbonyl (C=O) groups is 1. The number of hydrogen-bond acceptors (Lipinski definition) is 6. The number of carbonyl (C=O) groups excluding carboxylic acids is 1. The molecule has 1 aromatic carbocycles. The Morgan fingerprint density at radius 3 is 2.63 bits per heavy atom. The third kappa shape index (κ3) is 4.07. The van der Waals surface area contributed by atoms with Gasteiger partial charge in [-0.05, 0) is 17.5 Å². The minimum Gasteiger partial charge on any atom is -0.335 e. The van der Waals surface area contributed by atoms with Crippen molar-refractivity contribution in [3.05, 3.63) is 70.7 Å². The van der Waals surface area contributed by atoms with E-state index in [1.807, 2.05) is 46.7 Å². The van der Waals surface area contributed by atoms with Crippen LogP contribution in [0.1, 0.15) is 16.2 Å². The number of amides is 1. The predicted octanol–water partition coefficient (Wildman–Crippen LogP) is 4.22. The third-order valence-corrected chi connectivity index (χ3v) is 7.04. The second-order valence-corrected chi connectivity index (χ2v) is 9.03. The van der Waals surface area contributed by atoms with E-state index in [-0.39, 0.29) is 5.91 Å². The number of nitrogens with zero attached hydrogens (tertiary/aromatic N) is 4. The largest absolute Gasteiger partial charge is 0.335 e. The van der Waals surface area contributed by atoms with Crippen molar-refractivity contribution in [3.63, 3.8) is 0 Å². The maximum Gasteiger partial charge on any atom is 0.274 e. The first-order chi connectivity index (χ1) is 14.8. The molecule has 0 aliphatic carbocycles. The second kappa shape index (κ2) is 8.51. The minimum atomic E-state index is -0.00581. The van der Waals surface area contributed by atoms with Crippen LogP contribution in [0.3, 0.4) is 0 Å². The molecule has 3 aromatic heterocycles. The summed E-state index contributed by atoms with van der Waals surface area (Å²) in [6.07, 6.45) is 0. The molecular weight excluding hydrogens is 414 g/mol. The Labute approximate surface area is 182 Å². The summed E-state index contributed by atoms with van der Waals surface area (Å²) in [6.45, 7) is 3.90. The Balaban J connectivity index is 1.17. The molecule has 8 heteroatoms. The molecule has 0 spiro atoms. The lowest BCUT2D eigenvalue weighted by molar-refractivity contribution is 0.0621. The van der Waals surface area contributed by atoms with Gasteiger partial charge in [0.25, 0.3) is 5.91 Å². The molecule has 4 heterocycles. The van der Waals surface area contributed by atoms with E-state index in [1.165, 1.54) is 0 Å². The van der Waals surface area contributed by atoms with E-state index in [2.05, 4.69) is 32.6 Å². The molecule has 6 nitrogen and oxygen atoms in total. The molecule has 0 radical (unpaired) electrons. The average molecular weight is 436 g/mol. The van der Waals surface area contributed by atoms with Crippen molar-refractivity contribution in [1.29, 1.82) is 0 Å². The molecule has 1 aliphatic rings. The number of nitrogens with one attached hydrogen (secondary N) is 1. The van der Waals surface area contributed by atoms with Gasteiger partial charge in [-0.25, -0.2) is 4.98 Å². The minimum absolute atomic E-state index is 0.00581. The average Bonchev–Trinajstić information content (AvgIpc) is 3.55. The number of thiazole rings is 1. The van der Waals surface area contributed by atoms with Crippen LogP contribution in [0, 0.1) is 0 Å². The number of H-pyrrole nitrogens is 1. The SMILES string of the molecule is O=C(c1cc(-c2cccs2)[nH]n1)N1CCN(Cc2csc(-c3ccccc3)n2)CC1. The molecule has 5 rings (SSSR count). The summed E-state index contributed by atoms with van der Waals surface area (Å²) >= 11 is 3.31. The topological polar surface area (TPSA) is 65.1 Å². The Bertz CT molecular complexity index is 1110. The molecule has 30 heavy (non-hydrogen) atoms. The Morgan fingerprint density at radius 2 is 1.87 bits per heavy atom. The van der Waals surface area contributed by atoms with Crippen molar-refractivity contribution in [2.24, 2.45) is 0 Å². The van der Waals surface area contributed by atoms with E-state index in [0.29, 0.717) is 18.8 Å². The van der Waals surface area contributed by atoms with Gasteiger partial charge in [0.15, 0.2) is 5.69 Å². The van der Waals surface area contributed by atoms with E-state index in [9.17, 15) is 4.79 Å². The van der Waals surface area contributed by atoms with Gasteiger partial charge in [0.2, 0.25) is 0 Å². The van der Waals surface area contributed by atoms with Crippen molar-refractivity contribution in [2.45, 2.75) is 6.54 Å². The number of rotatable bonds is 5. The molecule has 1 amide bonds. The van der Waals surface area contributed by atoms with Crippen molar-refractivity contribution in [3.8, 4) is 21.1 Å². The number of benzene rings is 1. The van der Waals surface area contributed by atoms with Crippen LogP contribution in [0.5, 0.6) is 0 Å². The van der Waals surface area contributed by atoms with Gasteiger partial charge in [-0.3, -0.25) is 14.8 Å². The summed E-state index contributed by atoms with van der Waals surface area (Å²) < 4.78 is 0. The normalized spacial score (nSPS) is 14.9. The molecule has 1 saturated heterocycles. The van der Waals surface area contributed by atoms with Crippen LogP contribution in [0.4, 0.5) is 0 Å². The number of aromatic amines is 1. The van der Waals surface area contributed by atoms with Gasteiger partial charge >= 0.3 is 0 Å². The molecule has 1 fully saturated rings. The zero-order valence-corrected chi connectivity index (χ0v) is 18.0. The lowest BCUT2D eigenvalue weighted by Crippen LogP contribution is -2.48. The van der Waals surface area contributed by atoms with Gasteiger partial charge in [0.05, 0.1) is 16.3 Å². The highest BCUT2D eigenvalue weighted by Crippen LogP contribution is 2.25. The Morgan fingerprint density at radius 1 is 1.03 bits per heavy atom. The Hall–Kier alpha value is -2.81. The highest BCUT2D eigenvalue weighted by molar-refractivity contribution is 7.13. The van der Waals surface area contributed by atoms with Crippen molar-refractivity contribution in [1.82, 2.24) is 25.0 Å². The van der Waals surface area contributed by atoms with Crippen LogP contribution in [-0.2, 0) is 6.54 Å². The van der Waals surface area contributed by atoms with Crippen LogP contribution in [-0.4, -0.2) is 57.1 Å². The van der Waals surface area contributed by atoms with E-state index >= 15 is 0 Å². The molecule has 0 atom stereocenters. The summed E-state index contributed by atoms with van der Waals surface area (Å²) in [7, 11) is 0. The smallest absolute Gasteiger partial charge is 0.274 e. The fourth-order valence-electron chi connectivity index (χ4n) is 3.58. The molecular formula is C22H21N5OS2. The quantitative estimate of drug-likeness (QED) is 0.510. The first kappa shape index (κ1) is 19.2. The van der Waals surface area contributed by atoms with E-state index in [1.54, 1.807) is 22.7 Å². The van der Waals surface area contributed by atoms with Gasteiger partial charge in [-0.2, -0.15) is 5.10 Å². The first-order valence-corrected chi connectivity index (χ1v) is 11.6. The monoisotopic (exact) mass is 435 g/mol. The highest BCUT2D eigenvalue weighted by Gasteiger charge is 2.24. The van der Waals surface area contributed by atoms with Crippen LogP contribution < -0.4 is 0 Å². The number of aromatic nitrogens is 3. The molecule has 0 unspecified atom stereocenters. The van der Waals surface area contributed by atoms with E-state index in [0.717, 1.165) is 46.5 Å². The summed E-state index contributed by atoms with van der Waals surface area (Å²) in [4.78, 5) is 22.9. The molecule has 1 aliphatic heterocycles. The summed E-state index contributed by atoms with van der Waals surface area (Å²) in [5, 5.41) is 12.4. The van der Waals surface area contributed by atoms with Crippen LogP contribution >= 0.6 is 22.7 Å². The zero-order chi connectivity index (χ0) is 20.3. The Kier molecular flexibility index (Phi) is 5.44. The fourth-order valence-corrected chi connectivity index (χ4v) is 5.09. The van der Waals surface area contributed by atoms with Crippen LogP contribution in [0.2, 0.25) is 0 Å². The van der Waals surface area contributed by atoms with E-state index in [4.69, 9.17) is 4.98 Å². The molecule has 4 aromatic rings. The second-order valence-electron chi connectivity index (χ2n) is 7.22. The number of hydrogen-bond donors (Lipinski definition) is 1. The van der Waals surface area contributed by atoms with Gasteiger partial charge in [0.1, 0.15) is 5.01 Å². The first-order valence-electron chi connectivity index (χ1n) is 9.87. The molecule has 152 valence electrons. The third-order valence-electron chi connectivity index (χ3n) is 5.20. The zero-order valence-electron chi connectivity index (χ0n) is 16.3. The van der Waals surface area contributed by atoms with Crippen molar-refractivity contribution >= 4 is 28.6 Å². The maximum atomic E-state index is 12.8. The van der Waals surface area contributed by atoms with Crippen molar-refractivity contribution in [2.75, 3.05) is 26.2 Å². The summed E-state index contributed by atoms with van der Waals surface area (Å²) in [5.74, 6) is -0.00581. The summed E-state index contributed by atoms with van der Waals surface area (Å²) in [6, 6.07) is 16.1. The molecule has 0 bridgehead atoms. The van der Waals surface area contributed by atoms with Crippen molar-refractivity contribution < 1.29 is 4.79 Å². The van der Waals surface area contributed by atoms with Gasteiger partial charge in [-0.1, -0.05) is 36.4 Å². The number of piperazine rings is 1. The van der Waals surface area contributed by atoms with Gasteiger partial charge < -0.3 is 4.90 Å².